The summed E-state index contributed by atoms with van der Waals surface area (Å²) in [7, 11) is 1.33. The second kappa shape index (κ2) is 8.91. The zero-order valence-electron chi connectivity index (χ0n) is 12.0. The lowest BCUT2D eigenvalue weighted by molar-refractivity contribution is -0.140. The van der Waals surface area contributed by atoms with E-state index < -0.39 is 0 Å². The van der Waals surface area contributed by atoms with E-state index in [9.17, 15) is 9.59 Å². The van der Waals surface area contributed by atoms with Crippen LogP contribution in [0, 0.1) is 0 Å². The Morgan fingerprint density at radius 3 is 2.55 bits per heavy atom. The van der Waals surface area contributed by atoms with Crippen molar-refractivity contribution in [3.05, 3.63) is 47.5 Å². The highest BCUT2D eigenvalue weighted by atomic mass is 16.5. The fourth-order valence-electron chi connectivity index (χ4n) is 1.72. The minimum Gasteiger partial charge on any atom is -0.469 e. The summed E-state index contributed by atoms with van der Waals surface area (Å²) in [5.41, 5.74) is 2.27. The van der Waals surface area contributed by atoms with Crippen molar-refractivity contribution in [2.45, 2.75) is 26.2 Å². The molecule has 108 valence electrons. The van der Waals surface area contributed by atoms with Gasteiger partial charge in [-0.05, 0) is 25.3 Å². The second-order valence-corrected chi connectivity index (χ2v) is 4.59. The summed E-state index contributed by atoms with van der Waals surface area (Å²) < 4.78 is 4.50. The Morgan fingerprint density at radius 1 is 1.20 bits per heavy atom. The van der Waals surface area contributed by atoms with Crippen LogP contribution in [0.5, 0.6) is 0 Å². The average Bonchev–Trinajstić information content (AvgIpc) is 2.46. The number of allylic oxidation sites excluding steroid dienone is 1. The smallest absolute Gasteiger partial charge is 0.307 e. The summed E-state index contributed by atoms with van der Waals surface area (Å²) in [5.74, 6) is -0.491. The molecule has 1 amide bonds. The highest BCUT2D eigenvalue weighted by Crippen LogP contribution is 2.08. The Kier molecular flexibility index (Phi) is 7.11. The van der Waals surface area contributed by atoms with Gasteiger partial charge < -0.3 is 10.1 Å². The summed E-state index contributed by atoms with van der Waals surface area (Å²) >= 11 is 0. The molecule has 4 heteroatoms. The van der Waals surface area contributed by atoms with Gasteiger partial charge in [-0.3, -0.25) is 9.59 Å². The van der Waals surface area contributed by atoms with Gasteiger partial charge in [-0.25, -0.2) is 0 Å². The molecule has 0 bridgehead atoms. The summed E-state index contributed by atoms with van der Waals surface area (Å²) in [6, 6.07) is 10.1. The van der Waals surface area contributed by atoms with Crippen LogP contribution in [-0.2, 0) is 20.7 Å². The summed E-state index contributed by atoms with van der Waals surface area (Å²) in [5, 5.41) is 2.66. The molecule has 4 nitrogen and oxygen atoms in total. The van der Waals surface area contributed by atoms with Crippen molar-refractivity contribution in [3.8, 4) is 0 Å². The monoisotopic (exact) mass is 275 g/mol. The van der Waals surface area contributed by atoms with E-state index in [1.807, 2.05) is 25.1 Å². The third-order valence-corrected chi connectivity index (χ3v) is 2.88. The quantitative estimate of drug-likeness (QED) is 0.613. The van der Waals surface area contributed by atoms with Gasteiger partial charge in [-0.15, -0.1) is 0 Å². The van der Waals surface area contributed by atoms with Gasteiger partial charge in [0.15, 0.2) is 0 Å². The van der Waals surface area contributed by atoms with E-state index in [0.29, 0.717) is 6.54 Å². The maximum atomic E-state index is 11.6. The molecule has 0 aliphatic carbocycles. The van der Waals surface area contributed by atoms with Gasteiger partial charge in [0.1, 0.15) is 0 Å². The fraction of sp³-hybridized carbons (Fsp3) is 0.375. The zero-order valence-corrected chi connectivity index (χ0v) is 12.0. The first-order chi connectivity index (χ1) is 9.61. The van der Waals surface area contributed by atoms with Gasteiger partial charge >= 0.3 is 5.97 Å². The number of esters is 1. The maximum absolute atomic E-state index is 11.6. The van der Waals surface area contributed by atoms with E-state index in [2.05, 4.69) is 22.2 Å². The maximum Gasteiger partial charge on any atom is 0.307 e. The van der Waals surface area contributed by atoms with Gasteiger partial charge in [0.25, 0.3) is 0 Å². The number of nitrogens with one attached hydrogen (secondary N) is 1. The Hall–Kier alpha value is -2.10. The molecule has 0 radical (unpaired) electrons. The first kappa shape index (κ1) is 16.0. The van der Waals surface area contributed by atoms with Crippen molar-refractivity contribution in [1.29, 1.82) is 0 Å². The Morgan fingerprint density at radius 2 is 1.90 bits per heavy atom. The number of amides is 1. The minimum atomic E-state index is -0.324. The SMILES string of the molecule is COC(=O)CCNC(=O)C=C(C)CCc1ccccc1. The first-order valence-electron chi connectivity index (χ1n) is 6.67. The number of ether oxygens (including phenoxy) is 1. The van der Waals surface area contributed by atoms with Gasteiger partial charge in [0, 0.05) is 12.6 Å². The van der Waals surface area contributed by atoms with Crippen molar-refractivity contribution in [3.63, 3.8) is 0 Å². The zero-order chi connectivity index (χ0) is 14.8. The third-order valence-electron chi connectivity index (χ3n) is 2.88. The summed E-state index contributed by atoms with van der Waals surface area (Å²) in [4.78, 5) is 22.5. The standard InChI is InChI=1S/C16H21NO3/c1-13(8-9-14-6-4-3-5-7-14)12-15(18)17-11-10-16(19)20-2/h3-7,12H,8-11H2,1-2H3,(H,17,18). The number of benzene rings is 1. The molecule has 1 N–H and O–H groups in total. The van der Waals surface area contributed by atoms with E-state index in [1.54, 1.807) is 6.08 Å². The molecule has 0 saturated heterocycles. The number of methoxy groups -OCH3 is 1. The number of carbonyl (C=O) groups excluding carboxylic acids is 2. The molecular formula is C16H21NO3. The molecule has 0 aromatic heterocycles. The highest BCUT2D eigenvalue weighted by Gasteiger charge is 2.02. The van der Waals surface area contributed by atoms with Crippen LogP contribution in [0.25, 0.3) is 0 Å². The van der Waals surface area contributed by atoms with Gasteiger partial charge in [0.05, 0.1) is 13.5 Å². The number of carbonyl (C=O) groups is 2. The fourth-order valence-corrected chi connectivity index (χ4v) is 1.72. The van der Waals surface area contributed by atoms with Crippen LogP contribution in [0.2, 0.25) is 0 Å². The highest BCUT2D eigenvalue weighted by molar-refractivity contribution is 5.88. The van der Waals surface area contributed by atoms with Crippen molar-refractivity contribution in [2.75, 3.05) is 13.7 Å². The van der Waals surface area contributed by atoms with Crippen LogP contribution in [0.15, 0.2) is 42.0 Å². The predicted molar refractivity (Wildman–Crippen MR) is 78.2 cm³/mol. The van der Waals surface area contributed by atoms with Gasteiger partial charge in [-0.2, -0.15) is 0 Å². The van der Waals surface area contributed by atoms with Gasteiger partial charge in [0.2, 0.25) is 5.91 Å². The molecule has 0 atom stereocenters. The number of hydrogen-bond donors (Lipinski definition) is 1. The normalized spacial score (nSPS) is 11.0. The Labute approximate surface area is 119 Å². The van der Waals surface area contributed by atoms with E-state index in [-0.39, 0.29) is 18.3 Å². The molecule has 0 saturated carbocycles. The van der Waals surface area contributed by atoms with E-state index >= 15 is 0 Å². The van der Waals surface area contributed by atoms with E-state index in [4.69, 9.17) is 0 Å². The number of rotatable bonds is 7. The topological polar surface area (TPSA) is 55.4 Å². The molecule has 1 aromatic rings. The van der Waals surface area contributed by atoms with E-state index in [1.165, 1.54) is 12.7 Å². The molecule has 0 fully saturated rings. The lowest BCUT2D eigenvalue weighted by Crippen LogP contribution is -2.24. The van der Waals surface area contributed by atoms with Gasteiger partial charge in [-0.1, -0.05) is 35.9 Å². The van der Waals surface area contributed by atoms with Crippen LogP contribution >= 0.6 is 0 Å². The number of hydrogen-bond acceptors (Lipinski definition) is 3. The molecule has 0 aliphatic rings. The lowest BCUT2D eigenvalue weighted by atomic mass is 10.1. The largest absolute Gasteiger partial charge is 0.469 e. The predicted octanol–water partition coefficient (Wildman–Crippen LogP) is 2.24. The summed E-state index contributed by atoms with van der Waals surface area (Å²) in [6.07, 6.45) is 3.53. The first-order valence-corrected chi connectivity index (χ1v) is 6.67. The molecule has 0 unspecified atom stereocenters. The Balaban J connectivity index is 2.29. The van der Waals surface area contributed by atoms with Crippen LogP contribution in [0.4, 0.5) is 0 Å². The molecule has 0 aliphatic heterocycles. The van der Waals surface area contributed by atoms with Crippen molar-refractivity contribution < 1.29 is 14.3 Å². The molecule has 0 spiro atoms. The average molecular weight is 275 g/mol. The third kappa shape index (κ3) is 6.73. The molecule has 1 aromatic carbocycles. The molecule has 20 heavy (non-hydrogen) atoms. The Bertz CT molecular complexity index is 466. The minimum absolute atomic E-state index is 0.167. The van der Waals surface area contributed by atoms with Crippen molar-refractivity contribution in [2.24, 2.45) is 0 Å². The van der Waals surface area contributed by atoms with Crippen LogP contribution in [-0.4, -0.2) is 25.5 Å². The second-order valence-electron chi connectivity index (χ2n) is 4.59. The van der Waals surface area contributed by atoms with Crippen molar-refractivity contribution in [1.82, 2.24) is 5.32 Å². The summed E-state index contributed by atoms with van der Waals surface area (Å²) in [6.45, 7) is 2.23. The molecule has 1 rings (SSSR count). The van der Waals surface area contributed by atoms with E-state index in [0.717, 1.165) is 18.4 Å². The van der Waals surface area contributed by atoms with Crippen LogP contribution in [0.3, 0.4) is 0 Å². The lowest BCUT2D eigenvalue weighted by Gasteiger charge is -2.04. The molecular weight excluding hydrogens is 254 g/mol. The van der Waals surface area contributed by atoms with Crippen LogP contribution < -0.4 is 5.32 Å². The number of aryl methyl sites for hydroxylation is 1. The van der Waals surface area contributed by atoms with Crippen molar-refractivity contribution >= 4 is 11.9 Å². The molecule has 0 heterocycles. The van der Waals surface area contributed by atoms with Crippen LogP contribution in [0.1, 0.15) is 25.3 Å².